The molecule has 0 amide bonds. The van der Waals surface area contributed by atoms with E-state index in [1.165, 1.54) is 5.56 Å². The standard InChI is InChI=1S/C15H23N3O/c1-3-12-5-6-13-14(11-12)18-15(17-13)7-9-16-8-4-10-19-2/h5-6,11,16H,3-4,7-10H2,1-2H3,(H,17,18). The summed E-state index contributed by atoms with van der Waals surface area (Å²) < 4.78 is 5.01. The Morgan fingerprint density at radius 3 is 3.00 bits per heavy atom. The van der Waals surface area contributed by atoms with Gasteiger partial charge in [0.15, 0.2) is 0 Å². The summed E-state index contributed by atoms with van der Waals surface area (Å²) in [7, 11) is 1.74. The van der Waals surface area contributed by atoms with Crippen molar-refractivity contribution in [2.45, 2.75) is 26.2 Å². The van der Waals surface area contributed by atoms with E-state index in [0.717, 1.165) is 55.8 Å². The lowest BCUT2D eigenvalue weighted by Gasteiger charge is -2.02. The zero-order chi connectivity index (χ0) is 13.5. The maximum atomic E-state index is 5.01. The third-order valence-electron chi connectivity index (χ3n) is 3.24. The normalized spacial score (nSPS) is 11.3. The number of ether oxygens (including phenoxy) is 1. The minimum absolute atomic E-state index is 0.817. The first-order valence-electron chi connectivity index (χ1n) is 7.00. The van der Waals surface area contributed by atoms with Crippen LogP contribution in [0, 0.1) is 0 Å². The van der Waals surface area contributed by atoms with Crippen molar-refractivity contribution in [1.29, 1.82) is 0 Å². The highest BCUT2D eigenvalue weighted by atomic mass is 16.5. The molecule has 2 N–H and O–H groups in total. The topological polar surface area (TPSA) is 49.9 Å². The first-order valence-corrected chi connectivity index (χ1v) is 7.00. The van der Waals surface area contributed by atoms with E-state index in [1.54, 1.807) is 7.11 Å². The maximum absolute atomic E-state index is 5.01. The lowest BCUT2D eigenvalue weighted by Crippen LogP contribution is -2.19. The first kappa shape index (κ1) is 14.0. The van der Waals surface area contributed by atoms with Crippen LogP contribution in [-0.2, 0) is 17.6 Å². The molecule has 0 aliphatic rings. The zero-order valence-corrected chi connectivity index (χ0v) is 11.8. The van der Waals surface area contributed by atoms with Crippen LogP contribution < -0.4 is 5.32 Å². The van der Waals surface area contributed by atoms with Gasteiger partial charge < -0.3 is 15.0 Å². The number of aromatic amines is 1. The largest absolute Gasteiger partial charge is 0.385 e. The molecule has 2 aromatic rings. The van der Waals surface area contributed by atoms with E-state index in [9.17, 15) is 0 Å². The number of nitrogens with zero attached hydrogens (tertiary/aromatic N) is 1. The fourth-order valence-electron chi connectivity index (χ4n) is 2.12. The molecule has 0 bridgehead atoms. The van der Waals surface area contributed by atoms with Crippen LogP contribution in [0.2, 0.25) is 0 Å². The Morgan fingerprint density at radius 2 is 2.21 bits per heavy atom. The van der Waals surface area contributed by atoms with Gasteiger partial charge in [0.1, 0.15) is 5.82 Å². The molecule has 0 fully saturated rings. The number of nitrogens with one attached hydrogen (secondary N) is 2. The van der Waals surface area contributed by atoms with Crippen molar-refractivity contribution in [3.8, 4) is 0 Å². The minimum Gasteiger partial charge on any atom is -0.385 e. The maximum Gasteiger partial charge on any atom is 0.108 e. The SMILES string of the molecule is CCc1ccc2nc(CCNCCCOC)[nH]c2c1. The van der Waals surface area contributed by atoms with Crippen molar-refractivity contribution in [3.63, 3.8) is 0 Å². The van der Waals surface area contributed by atoms with Crippen LogP contribution in [-0.4, -0.2) is 36.8 Å². The Kier molecular flexibility index (Phi) is 5.36. The molecule has 0 saturated carbocycles. The monoisotopic (exact) mass is 261 g/mol. The Bertz CT molecular complexity index is 507. The zero-order valence-electron chi connectivity index (χ0n) is 11.8. The summed E-state index contributed by atoms with van der Waals surface area (Å²) in [5, 5.41) is 3.40. The van der Waals surface area contributed by atoms with Crippen LogP contribution in [0.4, 0.5) is 0 Å². The van der Waals surface area contributed by atoms with Gasteiger partial charge in [-0.05, 0) is 37.1 Å². The highest BCUT2D eigenvalue weighted by Gasteiger charge is 2.03. The van der Waals surface area contributed by atoms with Crippen molar-refractivity contribution < 1.29 is 4.74 Å². The summed E-state index contributed by atoms with van der Waals surface area (Å²) in [6, 6.07) is 6.44. The minimum atomic E-state index is 0.817. The number of benzene rings is 1. The van der Waals surface area contributed by atoms with Crippen molar-refractivity contribution in [3.05, 3.63) is 29.6 Å². The molecule has 1 aromatic carbocycles. The van der Waals surface area contributed by atoms with Gasteiger partial charge in [-0.3, -0.25) is 0 Å². The summed E-state index contributed by atoms with van der Waals surface area (Å²) in [5.41, 5.74) is 3.56. The van der Waals surface area contributed by atoms with E-state index >= 15 is 0 Å². The van der Waals surface area contributed by atoms with Gasteiger partial charge >= 0.3 is 0 Å². The van der Waals surface area contributed by atoms with E-state index in [2.05, 4.69) is 40.4 Å². The molecule has 0 aliphatic carbocycles. The van der Waals surface area contributed by atoms with Gasteiger partial charge in [-0.25, -0.2) is 4.98 Å². The number of hydrogen-bond donors (Lipinski definition) is 2. The molecule has 104 valence electrons. The molecule has 0 unspecified atom stereocenters. The molecule has 2 rings (SSSR count). The van der Waals surface area contributed by atoms with E-state index < -0.39 is 0 Å². The Balaban J connectivity index is 1.84. The Labute approximate surface area is 114 Å². The van der Waals surface area contributed by atoms with Crippen LogP contribution in [0.5, 0.6) is 0 Å². The highest BCUT2D eigenvalue weighted by Crippen LogP contribution is 2.14. The molecule has 0 spiro atoms. The van der Waals surface area contributed by atoms with Crippen LogP contribution in [0.25, 0.3) is 11.0 Å². The number of rotatable bonds is 8. The summed E-state index contributed by atoms with van der Waals surface area (Å²) in [6.07, 6.45) is 3.05. The molecule has 0 atom stereocenters. The van der Waals surface area contributed by atoms with Crippen LogP contribution in [0.15, 0.2) is 18.2 Å². The quantitative estimate of drug-likeness (QED) is 0.717. The van der Waals surface area contributed by atoms with E-state index in [0.29, 0.717) is 0 Å². The number of aryl methyl sites for hydroxylation is 1. The molecular weight excluding hydrogens is 238 g/mol. The van der Waals surface area contributed by atoms with Crippen molar-refractivity contribution in [2.24, 2.45) is 0 Å². The van der Waals surface area contributed by atoms with Gasteiger partial charge in [-0.15, -0.1) is 0 Å². The smallest absolute Gasteiger partial charge is 0.108 e. The second-order valence-corrected chi connectivity index (χ2v) is 4.73. The molecule has 4 heteroatoms. The average molecular weight is 261 g/mol. The second kappa shape index (κ2) is 7.26. The van der Waals surface area contributed by atoms with Gasteiger partial charge in [0.25, 0.3) is 0 Å². The van der Waals surface area contributed by atoms with E-state index in [4.69, 9.17) is 4.74 Å². The van der Waals surface area contributed by atoms with Crippen molar-refractivity contribution >= 4 is 11.0 Å². The van der Waals surface area contributed by atoms with Crippen molar-refractivity contribution in [2.75, 3.05) is 26.8 Å². The number of fused-ring (bicyclic) bond motifs is 1. The molecular formula is C15H23N3O. The predicted molar refractivity (Wildman–Crippen MR) is 78.5 cm³/mol. The molecule has 1 aromatic heterocycles. The summed E-state index contributed by atoms with van der Waals surface area (Å²) in [5.74, 6) is 1.06. The fourth-order valence-corrected chi connectivity index (χ4v) is 2.12. The van der Waals surface area contributed by atoms with Crippen molar-refractivity contribution in [1.82, 2.24) is 15.3 Å². The van der Waals surface area contributed by atoms with E-state index in [-0.39, 0.29) is 0 Å². The lowest BCUT2D eigenvalue weighted by atomic mass is 10.1. The van der Waals surface area contributed by atoms with E-state index in [1.807, 2.05) is 0 Å². The third-order valence-corrected chi connectivity index (χ3v) is 3.24. The molecule has 0 saturated heterocycles. The first-order chi connectivity index (χ1) is 9.33. The number of hydrogen-bond acceptors (Lipinski definition) is 3. The van der Waals surface area contributed by atoms with Gasteiger partial charge in [-0.2, -0.15) is 0 Å². The number of aromatic nitrogens is 2. The highest BCUT2D eigenvalue weighted by molar-refractivity contribution is 5.75. The van der Waals surface area contributed by atoms with Gasteiger partial charge in [0.2, 0.25) is 0 Å². The molecule has 4 nitrogen and oxygen atoms in total. The molecule has 1 heterocycles. The number of imidazole rings is 1. The predicted octanol–water partition coefficient (Wildman–Crippen LogP) is 2.29. The van der Waals surface area contributed by atoms with Crippen LogP contribution in [0.3, 0.4) is 0 Å². The lowest BCUT2D eigenvalue weighted by molar-refractivity contribution is 0.194. The van der Waals surface area contributed by atoms with Crippen LogP contribution in [0.1, 0.15) is 24.7 Å². The Hall–Kier alpha value is -1.39. The summed E-state index contributed by atoms with van der Waals surface area (Å²) in [6.45, 7) is 4.93. The molecule has 0 aliphatic heterocycles. The number of methoxy groups -OCH3 is 1. The van der Waals surface area contributed by atoms with Gasteiger partial charge in [0.05, 0.1) is 11.0 Å². The second-order valence-electron chi connectivity index (χ2n) is 4.73. The molecule has 0 radical (unpaired) electrons. The summed E-state index contributed by atoms with van der Waals surface area (Å²) in [4.78, 5) is 8.00. The van der Waals surface area contributed by atoms with Gasteiger partial charge in [-0.1, -0.05) is 13.0 Å². The molecule has 19 heavy (non-hydrogen) atoms. The fraction of sp³-hybridized carbons (Fsp3) is 0.533. The van der Waals surface area contributed by atoms with Crippen LogP contribution >= 0.6 is 0 Å². The average Bonchev–Trinajstić information content (AvgIpc) is 2.84. The summed E-state index contributed by atoms with van der Waals surface area (Å²) >= 11 is 0. The third kappa shape index (κ3) is 4.04. The Morgan fingerprint density at radius 1 is 1.32 bits per heavy atom. The van der Waals surface area contributed by atoms with Gasteiger partial charge in [0, 0.05) is 26.7 Å². The number of H-pyrrole nitrogens is 1.